The largest absolute Gasteiger partial charge is 0.464 e. The van der Waals surface area contributed by atoms with Crippen LogP contribution in [0.5, 0.6) is 0 Å². The highest BCUT2D eigenvalue weighted by Gasteiger charge is 2.07. The molecule has 1 aliphatic heterocycles. The molecule has 2 heteroatoms. The van der Waals surface area contributed by atoms with Gasteiger partial charge in [0, 0.05) is 11.8 Å². The molecule has 0 aromatic carbocycles. The van der Waals surface area contributed by atoms with E-state index in [9.17, 15) is 0 Å². The van der Waals surface area contributed by atoms with Crippen LogP contribution in [0.25, 0.3) is 23.5 Å². The van der Waals surface area contributed by atoms with E-state index in [1.54, 1.807) is 12.5 Å². The van der Waals surface area contributed by atoms with Crippen LogP contribution in [0.15, 0.2) is 71.5 Å². The second-order valence-corrected chi connectivity index (χ2v) is 4.15. The van der Waals surface area contributed by atoms with E-state index in [1.165, 1.54) is 0 Å². The Kier molecular flexibility index (Phi) is 3.24. The summed E-state index contributed by atoms with van der Waals surface area (Å²) in [5.74, 6) is 0.913. The topological polar surface area (TPSA) is 26.0 Å². The lowest BCUT2D eigenvalue weighted by molar-refractivity contribution is 0.567. The van der Waals surface area contributed by atoms with Gasteiger partial charge in [0.2, 0.25) is 0 Å². The number of allylic oxidation sites excluding steroid dienone is 2. The molecule has 0 spiro atoms. The molecule has 2 nitrogen and oxygen atoms in total. The van der Waals surface area contributed by atoms with Crippen molar-refractivity contribution in [2.24, 2.45) is 0 Å². The fourth-order valence-corrected chi connectivity index (χ4v) is 1.95. The van der Waals surface area contributed by atoms with E-state index >= 15 is 0 Å². The second-order valence-electron chi connectivity index (χ2n) is 4.15. The molecule has 1 aromatic rings. The SMILES string of the molecule is C(C=Cc1ccc2occcc1-2)=Cc1ccccn1. The zero-order chi connectivity index (χ0) is 12.9. The molecule has 3 rings (SSSR count). The third-order valence-corrected chi connectivity index (χ3v) is 2.87. The molecule has 0 radical (unpaired) electrons. The highest BCUT2D eigenvalue weighted by atomic mass is 16.3. The fraction of sp³-hybridized carbons (Fsp3) is 0. The predicted molar refractivity (Wildman–Crippen MR) is 77.6 cm³/mol. The molecule has 2 aliphatic rings. The van der Waals surface area contributed by atoms with Crippen LogP contribution < -0.4 is 0 Å². The minimum Gasteiger partial charge on any atom is -0.464 e. The summed E-state index contributed by atoms with van der Waals surface area (Å²) in [7, 11) is 0. The molecular formula is C17H13NO. The van der Waals surface area contributed by atoms with Crippen LogP contribution in [0.2, 0.25) is 0 Å². The third-order valence-electron chi connectivity index (χ3n) is 2.87. The Labute approximate surface area is 112 Å². The van der Waals surface area contributed by atoms with Gasteiger partial charge < -0.3 is 4.42 Å². The van der Waals surface area contributed by atoms with Crippen LogP contribution in [0.4, 0.5) is 0 Å². The summed E-state index contributed by atoms with van der Waals surface area (Å²) in [6, 6.07) is 13.9. The Morgan fingerprint density at radius 3 is 2.74 bits per heavy atom. The molecule has 0 N–H and O–H groups in total. The van der Waals surface area contributed by atoms with Gasteiger partial charge in [-0.05, 0) is 42.0 Å². The maximum atomic E-state index is 5.41. The quantitative estimate of drug-likeness (QED) is 0.636. The van der Waals surface area contributed by atoms with Gasteiger partial charge in [-0.3, -0.25) is 4.98 Å². The molecule has 0 unspecified atom stereocenters. The first-order valence-electron chi connectivity index (χ1n) is 6.15. The summed E-state index contributed by atoms with van der Waals surface area (Å²) in [5.41, 5.74) is 3.24. The van der Waals surface area contributed by atoms with E-state index in [0.29, 0.717) is 0 Å². The van der Waals surface area contributed by atoms with E-state index in [-0.39, 0.29) is 0 Å². The Morgan fingerprint density at radius 1 is 0.895 bits per heavy atom. The number of rotatable bonds is 3. The van der Waals surface area contributed by atoms with Crippen molar-refractivity contribution >= 4 is 12.2 Å². The molecule has 0 atom stereocenters. The van der Waals surface area contributed by atoms with E-state index in [4.69, 9.17) is 4.42 Å². The third kappa shape index (κ3) is 2.63. The number of fused-ring (bicyclic) bond motifs is 1. The van der Waals surface area contributed by atoms with Gasteiger partial charge in [-0.15, -0.1) is 0 Å². The Hall–Kier alpha value is -2.61. The number of pyridine rings is 1. The molecule has 19 heavy (non-hydrogen) atoms. The van der Waals surface area contributed by atoms with E-state index in [1.807, 2.05) is 48.6 Å². The van der Waals surface area contributed by atoms with Gasteiger partial charge in [-0.2, -0.15) is 0 Å². The first-order chi connectivity index (χ1) is 9.43. The maximum Gasteiger partial charge on any atom is 0.134 e. The highest BCUT2D eigenvalue weighted by molar-refractivity contribution is 5.75. The van der Waals surface area contributed by atoms with Gasteiger partial charge in [0.05, 0.1) is 12.0 Å². The van der Waals surface area contributed by atoms with E-state index < -0.39 is 0 Å². The molecule has 1 aromatic heterocycles. The fourth-order valence-electron chi connectivity index (χ4n) is 1.95. The average Bonchev–Trinajstić information content (AvgIpc) is 2.88. The van der Waals surface area contributed by atoms with Crippen LogP contribution in [-0.2, 0) is 0 Å². The van der Waals surface area contributed by atoms with Crippen LogP contribution in [-0.4, -0.2) is 4.98 Å². The first-order valence-corrected chi connectivity index (χ1v) is 6.15. The summed E-state index contributed by atoms with van der Waals surface area (Å²) in [6.45, 7) is 0. The molecule has 0 saturated heterocycles. The summed E-state index contributed by atoms with van der Waals surface area (Å²) < 4.78 is 5.41. The van der Waals surface area contributed by atoms with Gasteiger partial charge in [-0.25, -0.2) is 0 Å². The molecule has 0 fully saturated rings. The van der Waals surface area contributed by atoms with E-state index in [0.717, 1.165) is 22.6 Å². The van der Waals surface area contributed by atoms with Crippen molar-refractivity contribution in [1.82, 2.24) is 4.98 Å². The van der Waals surface area contributed by atoms with Gasteiger partial charge in [0.25, 0.3) is 0 Å². The number of aromatic nitrogens is 1. The van der Waals surface area contributed by atoms with E-state index in [2.05, 4.69) is 23.2 Å². The maximum absolute atomic E-state index is 5.41. The van der Waals surface area contributed by atoms with Crippen molar-refractivity contribution in [2.45, 2.75) is 0 Å². The number of hydrogen-bond acceptors (Lipinski definition) is 2. The molecule has 0 amide bonds. The minimum absolute atomic E-state index is 0.913. The molecular weight excluding hydrogens is 234 g/mol. The average molecular weight is 247 g/mol. The van der Waals surface area contributed by atoms with Crippen molar-refractivity contribution in [3.63, 3.8) is 0 Å². The van der Waals surface area contributed by atoms with Gasteiger partial charge in [0.15, 0.2) is 0 Å². The molecule has 0 saturated carbocycles. The van der Waals surface area contributed by atoms with Crippen LogP contribution in [0.1, 0.15) is 11.3 Å². The monoisotopic (exact) mass is 247 g/mol. The Bertz CT molecular complexity index is 680. The Morgan fingerprint density at radius 2 is 1.84 bits per heavy atom. The van der Waals surface area contributed by atoms with Crippen molar-refractivity contribution in [2.75, 3.05) is 0 Å². The lowest BCUT2D eigenvalue weighted by Crippen LogP contribution is -1.75. The van der Waals surface area contributed by atoms with Crippen LogP contribution in [0, 0.1) is 0 Å². The standard InChI is InChI=1S/C17H13NO/c1(2-7-15-8-3-4-12-18-15)6-14-10-11-17-16(14)9-5-13-19-17/h1-13H. The normalized spacial score (nSPS) is 11.8. The number of hydrogen-bond donors (Lipinski definition) is 0. The first kappa shape index (κ1) is 11.5. The molecule has 0 bridgehead atoms. The Balaban J connectivity index is 1.75. The van der Waals surface area contributed by atoms with Crippen molar-refractivity contribution in [3.8, 4) is 11.3 Å². The predicted octanol–water partition coefficient (Wildman–Crippen LogP) is 4.51. The lowest BCUT2D eigenvalue weighted by atomic mass is 10.1. The van der Waals surface area contributed by atoms with Crippen LogP contribution in [0.3, 0.4) is 0 Å². The van der Waals surface area contributed by atoms with Crippen molar-refractivity contribution < 1.29 is 4.42 Å². The van der Waals surface area contributed by atoms with Gasteiger partial charge in [0.1, 0.15) is 5.76 Å². The van der Waals surface area contributed by atoms with Gasteiger partial charge >= 0.3 is 0 Å². The lowest BCUT2D eigenvalue weighted by Gasteiger charge is -1.97. The van der Waals surface area contributed by atoms with Crippen LogP contribution >= 0.6 is 0 Å². The molecule has 1 aliphatic carbocycles. The summed E-state index contributed by atoms with van der Waals surface area (Å²) in [5, 5.41) is 0. The zero-order valence-corrected chi connectivity index (χ0v) is 10.4. The summed E-state index contributed by atoms with van der Waals surface area (Å²) in [4.78, 5) is 4.23. The minimum atomic E-state index is 0.913. The molecule has 2 heterocycles. The number of nitrogens with zero attached hydrogens (tertiary/aromatic N) is 1. The van der Waals surface area contributed by atoms with Crippen molar-refractivity contribution in [3.05, 3.63) is 78.3 Å². The highest BCUT2D eigenvalue weighted by Crippen LogP contribution is 2.28. The zero-order valence-electron chi connectivity index (χ0n) is 10.4. The van der Waals surface area contributed by atoms with Crippen molar-refractivity contribution in [1.29, 1.82) is 0 Å². The molecule has 92 valence electrons. The summed E-state index contributed by atoms with van der Waals surface area (Å²) in [6.07, 6.45) is 11.5. The smallest absolute Gasteiger partial charge is 0.134 e. The van der Waals surface area contributed by atoms with Gasteiger partial charge in [-0.1, -0.05) is 30.4 Å². The second kappa shape index (κ2) is 5.36. The summed E-state index contributed by atoms with van der Waals surface area (Å²) >= 11 is 0.